The zero-order valence-corrected chi connectivity index (χ0v) is 8.58. The fourth-order valence-electron chi connectivity index (χ4n) is 1.39. The second-order valence-electron chi connectivity index (χ2n) is 3.28. The van der Waals surface area contributed by atoms with Crippen LogP contribution in [0.1, 0.15) is 24.2 Å². The molecule has 0 N–H and O–H groups in total. The quantitative estimate of drug-likeness (QED) is 0.531. The van der Waals surface area contributed by atoms with Gasteiger partial charge in [-0.05, 0) is 26.3 Å². The molecule has 0 saturated heterocycles. The lowest BCUT2D eigenvalue weighted by atomic mass is 10.3. The number of aromatic nitrogens is 2. The van der Waals surface area contributed by atoms with Crippen molar-refractivity contribution in [2.75, 3.05) is 0 Å². The monoisotopic (exact) mass is 190 g/mol. The molecular formula is C11H14N2O. The van der Waals surface area contributed by atoms with E-state index in [1.807, 2.05) is 19.9 Å². The van der Waals surface area contributed by atoms with E-state index >= 15 is 0 Å². The lowest BCUT2D eigenvalue weighted by Crippen LogP contribution is -2.25. The molecule has 1 rings (SSSR count). The molecule has 1 aromatic rings. The molecule has 0 aliphatic heterocycles. The maximum atomic E-state index is 11.5. The van der Waals surface area contributed by atoms with E-state index in [0.717, 1.165) is 17.8 Å². The number of nitrogens with zero attached hydrogens (tertiary/aromatic N) is 2. The van der Waals surface area contributed by atoms with E-state index in [1.54, 1.807) is 4.57 Å². The van der Waals surface area contributed by atoms with Crippen molar-refractivity contribution in [1.82, 2.24) is 9.55 Å². The molecule has 0 bridgehead atoms. The second kappa shape index (κ2) is 4.61. The zero-order valence-electron chi connectivity index (χ0n) is 8.58. The van der Waals surface area contributed by atoms with Gasteiger partial charge in [-0.1, -0.05) is 0 Å². The van der Waals surface area contributed by atoms with Crippen LogP contribution in [0.15, 0.2) is 10.9 Å². The minimum atomic E-state index is -0.181. The van der Waals surface area contributed by atoms with Crippen molar-refractivity contribution in [2.45, 2.75) is 33.2 Å². The van der Waals surface area contributed by atoms with Crippen molar-refractivity contribution in [2.24, 2.45) is 0 Å². The molecule has 0 spiro atoms. The van der Waals surface area contributed by atoms with Gasteiger partial charge in [-0.25, -0.2) is 4.79 Å². The molecule has 0 aliphatic rings. The van der Waals surface area contributed by atoms with Gasteiger partial charge in [0.05, 0.1) is 0 Å². The average Bonchev–Trinajstić information content (AvgIpc) is 2.09. The molecule has 3 nitrogen and oxygen atoms in total. The minimum Gasteiger partial charge on any atom is -0.297 e. The van der Waals surface area contributed by atoms with Crippen molar-refractivity contribution in [3.63, 3.8) is 0 Å². The molecule has 0 aliphatic carbocycles. The van der Waals surface area contributed by atoms with Gasteiger partial charge >= 0.3 is 5.69 Å². The average molecular weight is 190 g/mol. The summed E-state index contributed by atoms with van der Waals surface area (Å²) in [5.74, 6) is 2.55. The maximum absolute atomic E-state index is 11.5. The summed E-state index contributed by atoms with van der Waals surface area (Å²) >= 11 is 0. The van der Waals surface area contributed by atoms with Gasteiger partial charge < -0.3 is 0 Å². The Morgan fingerprint density at radius 3 is 2.86 bits per heavy atom. The smallest absolute Gasteiger partial charge is 0.297 e. The summed E-state index contributed by atoms with van der Waals surface area (Å²) in [6.45, 7) is 4.38. The Kier molecular flexibility index (Phi) is 3.47. The Balaban J connectivity index is 2.87. The minimum absolute atomic E-state index is 0.181. The third-order valence-electron chi connectivity index (χ3n) is 2.05. The van der Waals surface area contributed by atoms with Gasteiger partial charge in [-0.2, -0.15) is 4.98 Å². The van der Waals surface area contributed by atoms with Crippen LogP contribution in [0.2, 0.25) is 0 Å². The Morgan fingerprint density at radius 2 is 2.29 bits per heavy atom. The van der Waals surface area contributed by atoms with Crippen LogP contribution in [0, 0.1) is 26.2 Å². The van der Waals surface area contributed by atoms with Gasteiger partial charge in [0, 0.05) is 24.4 Å². The molecule has 3 heteroatoms. The second-order valence-corrected chi connectivity index (χ2v) is 3.28. The van der Waals surface area contributed by atoms with Crippen LogP contribution in [-0.4, -0.2) is 9.55 Å². The highest BCUT2D eigenvalue weighted by molar-refractivity contribution is 5.06. The van der Waals surface area contributed by atoms with Gasteiger partial charge in [-0.15, -0.1) is 12.3 Å². The number of hydrogen-bond donors (Lipinski definition) is 0. The lowest BCUT2D eigenvalue weighted by Gasteiger charge is -2.07. The van der Waals surface area contributed by atoms with Gasteiger partial charge in [0.25, 0.3) is 0 Å². The van der Waals surface area contributed by atoms with Crippen LogP contribution in [0.5, 0.6) is 0 Å². The van der Waals surface area contributed by atoms with Crippen molar-refractivity contribution >= 4 is 0 Å². The van der Waals surface area contributed by atoms with Gasteiger partial charge in [0.15, 0.2) is 0 Å². The molecule has 0 aromatic carbocycles. The highest BCUT2D eigenvalue weighted by atomic mass is 16.1. The number of aryl methyl sites for hydroxylation is 2. The number of hydrogen-bond acceptors (Lipinski definition) is 2. The summed E-state index contributed by atoms with van der Waals surface area (Å²) in [7, 11) is 0. The summed E-state index contributed by atoms with van der Waals surface area (Å²) in [6.07, 6.45) is 6.66. The van der Waals surface area contributed by atoms with E-state index in [1.165, 1.54) is 0 Å². The standard InChI is InChI=1S/C11H14N2O/c1-4-5-6-7-13-10(3)8-9(2)12-11(13)14/h1,8H,5-7H2,2-3H3. The third-order valence-corrected chi connectivity index (χ3v) is 2.05. The van der Waals surface area contributed by atoms with Crippen molar-refractivity contribution in [3.8, 4) is 12.3 Å². The normalized spacial score (nSPS) is 9.79. The van der Waals surface area contributed by atoms with Gasteiger partial charge in [0.1, 0.15) is 0 Å². The maximum Gasteiger partial charge on any atom is 0.347 e. The van der Waals surface area contributed by atoms with Crippen LogP contribution in [0.25, 0.3) is 0 Å². The van der Waals surface area contributed by atoms with E-state index in [9.17, 15) is 4.79 Å². The Hall–Kier alpha value is -1.56. The Labute approximate surface area is 83.8 Å². The summed E-state index contributed by atoms with van der Waals surface area (Å²) in [6, 6.07) is 1.90. The molecule has 0 radical (unpaired) electrons. The highest BCUT2D eigenvalue weighted by Gasteiger charge is 2.01. The van der Waals surface area contributed by atoms with Crippen LogP contribution in [0.3, 0.4) is 0 Å². The van der Waals surface area contributed by atoms with Crippen LogP contribution >= 0.6 is 0 Å². The van der Waals surface area contributed by atoms with Crippen molar-refractivity contribution in [3.05, 3.63) is 27.9 Å². The molecule has 0 atom stereocenters. The molecule has 14 heavy (non-hydrogen) atoms. The van der Waals surface area contributed by atoms with Gasteiger partial charge in [0.2, 0.25) is 0 Å². The Bertz CT molecular complexity index is 412. The molecule has 0 saturated carbocycles. The summed E-state index contributed by atoms with van der Waals surface area (Å²) < 4.78 is 1.66. The van der Waals surface area contributed by atoms with Crippen molar-refractivity contribution in [1.29, 1.82) is 0 Å². The van der Waals surface area contributed by atoms with E-state index in [4.69, 9.17) is 6.42 Å². The molecular weight excluding hydrogens is 176 g/mol. The Morgan fingerprint density at radius 1 is 1.57 bits per heavy atom. The highest BCUT2D eigenvalue weighted by Crippen LogP contribution is 1.99. The molecule has 74 valence electrons. The van der Waals surface area contributed by atoms with E-state index in [0.29, 0.717) is 13.0 Å². The predicted octanol–water partition coefficient (Wildman–Crippen LogP) is 1.27. The summed E-state index contributed by atoms with van der Waals surface area (Å²) in [5, 5.41) is 0. The first-order valence-corrected chi connectivity index (χ1v) is 4.63. The SMILES string of the molecule is C#CCCCn1c(C)cc(C)nc1=O. The van der Waals surface area contributed by atoms with Crippen LogP contribution in [0.4, 0.5) is 0 Å². The van der Waals surface area contributed by atoms with Crippen LogP contribution < -0.4 is 5.69 Å². The molecule has 0 unspecified atom stereocenters. The summed E-state index contributed by atoms with van der Waals surface area (Å²) in [5.41, 5.74) is 1.53. The van der Waals surface area contributed by atoms with E-state index < -0.39 is 0 Å². The topological polar surface area (TPSA) is 34.9 Å². The first-order chi connectivity index (χ1) is 6.65. The lowest BCUT2D eigenvalue weighted by molar-refractivity contribution is 0.598. The molecule has 1 aromatic heterocycles. The predicted molar refractivity (Wildman–Crippen MR) is 56.0 cm³/mol. The number of rotatable bonds is 3. The zero-order chi connectivity index (χ0) is 10.6. The van der Waals surface area contributed by atoms with E-state index in [2.05, 4.69) is 10.9 Å². The van der Waals surface area contributed by atoms with Crippen LogP contribution in [-0.2, 0) is 6.54 Å². The fraction of sp³-hybridized carbons (Fsp3) is 0.455. The molecule has 0 amide bonds. The largest absolute Gasteiger partial charge is 0.347 e. The number of terminal acetylenes is 1. The summed E-state index contributed by atoms with van der Waals surface area (Å²) in [4.78, 5) is 15.3. The molecule has 0 fully saturated rings. The fourth-order valence-corrected chi connectivity index (χ4v) is 1.39. The first kappa shape index (κ1) is 10.5. The van der Waals surface area contributed by atoms with Gasteiger partial charge in [-0.3, -0.25) is 4.57 Å². The van der Waals surface area contributed by atoms with E-state index in [-0.39, 0.29) is 5.69 Å². The number of unbranched alkanes of at least 4 members (excludes halogenated alkanes) is 1. The first-order valence-electron chi connectivity index (χ1n) is 4.63. The third kappa shape index (κ3) is 2.46. The van der Waals surface area contributed by atoms with Crippen molar-refractivity contribution < 1.29 is 0 Å². The molecule has 1 heterocycles.